The van der Waals surface area contributed by atoms with E-state index in [0.717, 1.165) is 28.9 Å². The summed E-state index contributed by atoms with van der Waals surface area (Å²) in [6.45, 7) is 4.35. The summed E-state index contributed by atoms with van der Waals surface area (Å²) in [4.78, 5) is 0.344. The Balaban J connectivity index is 2.29. The zero-order valence-corrected chi connectivity index (χ0v) is 15.0. The highest BCUT2D eigenvalue weighted by Crippen LogP contribution is 2.25. The predicted octanol–water partition coefficient (Wildman–Crippen LogP) is 2.32. The van der Waals surface area contributed by atoms with Gasteiger partial charge < -0.3 is 10.1 Å². The monoisotopic (exact) mass is 337 g/mol. The first-order valence-corrected chi connectivity index (χ1v) is 9.30. The van der Waals surface area contributed by atoms with Crippen LogP contribution in [0.3, 0.4) is 0 Å². The van der Waals surface area contributed by atoms with Crippen molar-refractivity contribution in [2.75, 3.05) is 18.7 Å². The molecule has 2 rings (SSSR count). The number of benzene rings is 1. The number of anilines is 1. The molecule has 1 heterocycles. The third kappa shape index (κ3) is 3.67. The molecule has 6 nitrogen and oxygen atoms in total. The third-order valence-corrected chi connectivity index (χ3v) is 5.00. The zero-order valence-electron chi connectivity index (χ0n) is 14.2. The number of methoxy groups -OCH3 is 1. The van der Waals surface area contributed by atoms with Crippen molar-refractivity contribution in [3.8, 4) is 5.88 Å². The van der Waals surface area contributed by atoms with Gasteiger partial charge in [0.05, 0.1) is 23.3 Å². The number of sulfone groups is 1. The number of hydrogen-bond donors (Lipinski definition) is 1. The molecule has 0 spiro atoms. The SMILES string of the molecule is CCc1nn(C)c(OC)c1CNc1ccc(C)c(S(C)(=O)=O)c1. The Morgan fingerprint density at radius 2 is 2.04 bits per heavy atom. The molecule has 7 heteroatoms. The van der Waals surface area contributed by atoms with Crippen LogP contribution < -0.4 is 10.1 Å². The van der Waals surface area contributed by atoms with E-state index in [2.05, 4.69) is 10.4 Å². The van der Waals surface area contributed by atoms with Gasteiger partial charge in [-0.2, -0.15) is 5.10 Å². The van der Waals surface area contributed by atoms with E-state index >= 15 is 0 Å². The van der Waals surface area contributed by atoms with Crippen LogP contribution >= 0.6 is 0 Å². The van der Waals surface area contributed by atoms with Gasteiger partial charge in [0.2, 0.25) is 5.88 Å². The van der Waals surface area contributed by atoms with E-state index in [1.165, 1.54) is 6.26 Å². The first-order valence-electron chi connectivity index (χ1n) is 7.41. The predicted molar refractivity (Wildman–Crippen MR) is 90.8 cm³/mol. The fourth-order valence-electron chi connectivity index (χ4n) is 2.62. The molecule has 0 aliphatic rings. The van der Waals surface area contributed by atoms with Gasteiger partial charge in [-0.1, -0.05) is 13.0 Å². The molecule has 0 aliphatic heterocycles. The molecule has 0 bridgehead atoms. The summed E-state index contributed by atoms with van der Waals surface area (Å²) in [6.07, 6.45) is 2.02. The Morgan fingerprint density at radius 3 is 2.61 bits per heavy atom. The first-order chi connectivity index (χ1) is 10.8. The van der Waals surface area contributed by atoms with Crippen LogP contribution in [-0.4, -0.2) is 31.6 Å². The van der Waals surface area contributed by atoms with E-state index < -0.39 is 9.84 Å². The second-order valence-corrected chi connectivity index (χ2v) is 7.50. The summed E-state index contributed by atoms with van der Waals surface area (Å²) in [7, 11) is 0.219. The van der Waals surface area contributed by atoms with E-state index in [4.69, 9.17) is 4.74 Å². The fraction of sp³-hybridized carbons (Fsp3) is 0.438. The minimum Gasteiger partial charge on any atom is -0.481 e. The summed E-state index contributed by atoms with van der Waals surface area (Å²) in [5.74, 6) is 0.713. The van der Waals surface area contributed by atoms with Crippen LogP contribution in [0.2, 0.25) is 0 Å². The molecule has 1 aromatic heterocycles. The normalized spacial score (nSPS) is 11.5. The number of nitrogens with zero attached hydrogens (tertiary/aromatic N) is 2. The number of aromatic nitrogens is 2. The molecule has 1 N–H and O–H groups in total. The third-order valence-electron chi connectivity index (χ3n) is 3.76. The molecule has 0 atom stereocenters. The van der Waals surface area contributed by atoms with Crippen LogP contribution in [0.1, 0.15) is 23.7 Å². The van der Waals surface area contributed by atoms with Crippen LogP contribution in [0.5, 0.6) is 5.88 Å². The number of nitrogens with one attached hydrogen (secondary N) is 1. The molecule has 0 fully saturated rings. The summed E-state index contributed by atoms with van der Waals surface area (Å²) < 4.78 is 30.8. The van der Waals surface area contributed by atoms with E-state index in [9.17, 15) is 8.42 Å². The van der Waals surface area contributed by atoms with Crippen molar-refractivity contribution >= 4 is 15.5 Å². The average Bonchev–Trinajstić information content (AvgIpc) is 2.80. The van der Waals surface area contributed by atoms with Gasteiger partial charge in [0.25, 0.3) is 0 Å². The standard InChI is InChI=1S/C16H23N3O3S/c1-6-14-13(16(22-4)19(3)18-14)10-17-12-8-7-11(2)15(9-12)23(5,20)21/h7-9,17H,6,10H2,1-5H3. The van der Waals surface area contributed by atoms with Gasteiger partial charge in [-0.3, -0.25) is 0 Å². The van der Waals surface area contributed by atoms with E-state index in [-0.39, 0.29) is 0 Å². The van der Waals surface area contributed by atoms with Crippen molar-refractivity contribution in [2.24, 2.45) is 7.05 Å². The van der Waals surface area contributed by atoms with Crippen LogP contribution in [0.15, 0.2) is 23.1 Å². The lowest BCUT2D eigenvalue weighted by atomic mass is 10.2. The lowest BCUT2D eigenvalue weighted by Gasteiger charge is -2.11. The summed E-state index contributed by atoms with van der Waals surface area (Å²) in [5.41, 5.74) is 3.45. The second-order valence-electron chi connectivity index (χ2n) is 5.52. The highest BCUT2D eigenvalue weighted by molar-refractivity contribution is 7.90. The lowest BCUT2D eigenvalue weighted by Crippen LogP contribution is -2.06. The maximum atomic E-state index is 11.8. The molecule has 2 aromatic rings. The molecule has 0 saturated heterocycles. The molecule has 0 amide bonds. The smallest absolute Gasteiger partial charge is 0.216 e. The van der Waals surface area contributed by atoms with Crippen LogP contribution in [-0.2, 0) is 29.9 Å². The largest absolute Gasteiger partial charge is 0.481 e. The molecular weight excluding hydrogens is 314 g/mol. The van der Waals surface area contributed by atoms with Gasteiger partial charge in [0.1, 0.15) is 0 Å². The second kappa shape index (κ2) is 6.62. The van der Waals surface area contributed by atoms with Crippen LogP contribution in [0.4, 0.5) is 5.69 Å². The Morgan fingerprint density at radius 1 is 1.35 bits per heavy atom. The van der Waals surface area contributed by atoms with E-state index in [1.54, 1.807) is 30.8 Å². The van der Waals surface area contributed by atoms with Crippen molar-refractivity contribution in [1.82, 2.24) is 9.78 Å². The van der Waals surface area contributed by atoms with Gasteiger partial charge in [-0.15, -0.1) is 0 Å². The van der Waals surface area contributed by atoms with E-state index in [0.29, 0.717) is 17.3 Å². The van der Waals surface area contributed by atoms with Gasteiger partial charge in [-0.25, -0.2) is 13.1 Å². The minimum atomic E-state index is -3.24. The number of aryl methyl sites for hydroxylation is 3. The Kier molecular flexibility index (Phi) is 4.99. The Labute approximate surface area is 137 Å². The molecular formula is C16H23N3O3S. The van der Waals surface area contributed by atoms with Gasteiger partial charge in [-0.05, 0) is 31.0 Å². The molecule has 0 saturated carbocycles. The van der Waals surface area contributed by atoms with Crippen LogP contribution in [0.25, 0.3) is 0 Å². The maximum absolute atomic E-state index is 11.8. The van der Waals surface area contributed by atoms with Crippen molar-refractivity contribution in [3.63, 3.8) is 0 Å². The number of ether oxygens (including phenoxy) is 1. The van der Waals surface area contributed by atoms with Crippen molar-refractivity contribution in [1.29, 1.82) is 0 Å². The van der Waals surface area contributed by atoms with E-state index in [1.807, 2.05) is 20.0 Å². The fourth-order valence-corrected chi connectivity index (χ4v) is 3.62. The summed E-state index contributed by atoms with van der Waals surface area (Å²) >= 11 is 0. The maximum Gasteiger partial charge on any atom is 0.216 e. The Hall–Kier alpha value is -2.02. The minimum absolute atomic E-state index is 0.344. The Bertz CT molecular complexity index is 810. The van der Waals surface area contributed by atoms with Crippen molar-refractivity contribution in [3.05, 3.63) is 35.0 Å². The highest BCUT2D eigenvalue weighted by Gasteiger charge is 2.16. The summed E-state index contributed by atoms with van der Waals surface area (Å²) in [6, 6.07) is 5.34. The molecule has 1 aromatic carbocycles. The topological polar surface area (TPSA) is 73.2 Å². The number of hydrogen-bond acceptors (Lipinski definition) is 5. The van der Waals surface area contributed by atoms with Crippen molar-refractivity contribution < 1.29 is 13.2 Å². The van der Waals surface area contributed by atoms with Gasteiger partial charge >= 0.3 is 0 Å². The molecule has 23 heavy (non-hydrogen) atoms. The molecule has 126 valence electrons. The molecule has 0 unspecified atom stereocenters. The molecule has 0 radical (unpaired) electrons. The average molecular weight is 337 g/mol. The molecule has 0 aliphatic carbocycles. The zero-order chi connectivity index (χ0) is 17.2. The van der Waals surface area contributed by atoms with Crippen molar-refractivity contribution in [2.45, 2.75) is 31.7 Å². The van der Waals surface area contributed by atoms with Crippen LogP contribution in [0, 0.1) is 6.92 Å². The lowest BCUT2D eigenvalue weighted by molar-refractivity contribution is 0.370. The first kappa shape index (κ1) is 17.3. The van der Waals surface area contributed by atoms with Gasteiger partial charge in [0, 0.05) is 25.5 Å². The quantitative estimate of drug-likeness (QED) is 0.876. The summed E-state index contributed by atoms with van der Waals surface area (Å²) in [5, 5.41) is 7.70. The van der Waals surface area contributed by atoms with Gasteiger partial charge in [0.15, 0.2) is 9.84 Å². The number of rotatable bonds is 6. The highest BCUT2D eigenvalue weighted by atomic mass is 32.2.